The molecule has 1 aliphatic rings. The molecule has 152 valence electrons. The van der Waals surface area contributed by atoms with E-state index in [1.807, 2.05) is 30.3 Å². The van der Waals surface area contributed by atoms with E-state index in [0.717, 1.165) is 19.6 Å². The average Bonchev–Trinajstić information content (AvgIpc) is 2.54. The van der Waals surface area contributed by atoms with Crippen molar-refractivity contribution in [1.29, 1.82) is 0 Å². The van der Waals surface area contributed by atoms with Crippen LogP contribution in [0, 0.1) is 11.8 Å². The van der Waals surface area contributed by atoms with Crippen molar-refractivity contribution in [3.63, 3.8) is 0 Å². The summed E-state index contributed by atoms with van der Waals surface area (Å²) in [7, 11) is -9.61. The SMILES string of the molecule is O=C(CC1CCN(Cc2ccccc2)CC1)C(CS(=O)(=O)[O-])CS(=O)(=O)[O-].[Na+].[Na+]. The minimum absolute atomic E-state index is 0. The van der Waals surface area contributed by atoms with Crippen molar-refractivity contribution in [3.05, 3.63) is 35.9 Å². The second-order valence-corrected chi connectivity index (χ2v) is 9.92. The summed E-state index contributed by atoms with van der Waals surface area (Å²) >= 11 is 0. The Morgan fingerprint density at radius 1 is 0.966 bits per heavy atom. The molecular weight excluding hydrogens is 440 g/mol. The van der Waals surface area contributed by atoms with Crippen LogP contribution in [0.4, 0.5) is 0 Å². The number of hydrogen-bond donors (Lipinski definition) is 0. The maximum atomic E-state index is 12.3. The molecule has 0 N–H and O–H groups in total. The monoisotopic (exact) mass is 463 g/mol. The molecular formula is C17H23NNa2O7S2. The van der Waals surface area contributed by atoms with E-state index in [0.29, 0.717) is 12.8 Å². The Hall–Kier alpha value is 0.670. The van der Waals surface area contributed by atoms with Gasteiger partial charge in [0.2, 0.25) is 0 Å². The van der Waals surface area contributed by atoms with Crippen LogP contribution in [-0.4, -0.2) is 61.2 Å². The first-order chi connectivity index (χ1) is 12.5. The van der Waals surface area contributed by atoms with Gasteiger partial charge in [-0.25, -0.2) is 16.8 Å². The van der Waals surface area contributed by atoms with Crippen molar-refractivity contribution in [1.82, 2.24) is 4.90 Å². The summed E-state index contributed by atoms with van der Waals surface area (Å²) in [4.78, 5) is 14.6. The smallest absolute Gasteiger partial charge is 0.748 e. The molecule has 0 radical (unpaired) electrons. The zero-order valence-electron chi connectivity index (χ0n) is 16.8. The van der Waals surface area contributed by atoms with Crippen molar-refractivity contribution >= 4 is 26.0 Å². The van der Waals surface area contributed by atoms with Crippen LogP contribution >= 0.6 is 0 Å². The van der Waals surface area contributed by atoms with Gasteiger partial charge in [-0.1, -0.05) is 30.3 Å². The Balaban J connectivity index is 0.00000392. The molecule has 1 heterocycles. The van der Waals surface area contributed by atoms with Gasteiger partial charge in [-0.2, -0.15) is 0 Å². The molecule has 0 saturated carbocycles. The Morgan fingerprint density at radius 2 is 1.45 bits per heavy atom. The number of likely N-dealkylation sites (tertiary alicyclic amines) is 1. The maximum absolute atomic E-state index is 12.3. The van der Waals surface area contributed by atoms with E-state index in [4.69, 9.17) is 0 Å². The van der Waals surface area contributed by atoms with Crippen LogP contribution in [0.2, 0.25) is 0 Å². The predicted molar refractivity (Wildman–Crippen MR) is 96.7 cm³/mol. The van der Waals surface area contributed by atoms with Gasteiger partial charge in [0.25, 0.3) is 0 Å². The van der Waals surface area contributed by atoms with Gasteiger partial charge in [0.1, 0.15) is 5.78 Å². The van der Waals surface area contributed by atoms with Crippen LogP contribution < -0.4 is 59.1 Å². The quantitative estimate of drug-likeness (QED) is 0.262. The minimum atomic E-state index is -4.81. The van der Waals surface area contributed by atoms with Crippen molar-refractivity contribution in [2.75, 3.05) is 24.6 Å². The fraction of sp³-hybridized carbons (Fsp3) is 0.588. The number of rotatable bonds is 9. The van der Waals surface area contributed by atoms with Crippen LogP contribution in [0.15, 0.2) is 30.3 Å². The van der Waals surface area contributed by atoms with Crippen molar-refractivity contribution in [2.24, 2.45) is 11.8 Å². The van der Waals surface area contributed by atoms with E-state index in [-0.39, 0.29) is 71.5 Å². The van der Waals surface area contributed by atoms with E-state index < -0.39 is 43.4 Å². The zero-order valence-corrected chi connectivity index (χ0v) is 22.5. The number of carbonyl (C=O) groups is 1. The van der Waals surface area contributed by atoms with Gasteiger partial charge >= 0.3 is 59.1 Å². The van der Waals surface area contributed by atoms with E-state index in [1.54, 1.807) is 0 Å². The summed E-state index contributed by atoms with van der Waals surface area (Å²) in [6.07, 6.45) is 1.40. The number of Topliss-reactive ketones (excluding diaryl/α,β-unsaturated/α-hetero) is 1. The van der Waals surface area contributed by atoms with Crippen LogP contribution in [0.5, 0.6) is 0 Å². The summed E-state index contributed by atoms with van der Waals surface area (Å²) in [6, 6.07) is 9.95. The summed E-state index contributed by atoms with van der Waals surface area (Å²) in [5.74, 6) is -4.55. The molecule has 0 amide bonds. The fourth-order valence-electron chi connectivity index (χ4n) is 3.37. The summed E-state index contributed by atoms with van der Waals surface area (Å²) in [6.45, 7) is 2.32. The number of hydrogen-bond acceptors (Lipinski definition) is 8. The number of carbonyl (C=O) groups excluding carboxylic acids is 1. The molecule has 1 fully saturated rings. The molecule has 12 heteroatoms. The Kier molecular flexibility index (Phi) is 13.6. The van der Waals surface area contributed by atoms with Gasteiger partial charge in [-0.15, -0.1) is 0 Å². The Labute approximate surface area is 216 Å². The predicted octanol–water partition coefficient (Wildman–Crippen LogP) is -5.43. The van der Waals surface area contributed by atoms with E-state index in [9.17, 15) is 30.7 Å². The van der Waals surface area contributed by atoms with Crippen molar-refractivity contribution in [3.8, 4) is 0 Å². The third-order valence-electron chi connectivity index (χ3n) is 4.71. The molecule has 0 atom stereocenters. The molecule has 29 heavy (non-hydrogen) atoms. The van der Waals surface area contributed by atoms with Crippen LogP contribution in [0.1, 0.15) is 24.8 Å². The van der Waals surface area contributed by atoms with E-state index >= 15 is 0 Å². The minimum Gasteiger partial charge on any atom is -0.748 e. The first-order valence-electron chi connectivity index (χ1n) is 8.68. The van der Waals surface area contributed by atoms with Gasteiger partial charge in [0, 0.05) is 30.4 Å². The second-order valence-electron chi connectivity index (χ2n) is 7.02. The third kappa shape index (κ3) is 12.3. The molecule has 0 spiro atoms. The number of nitrogens with zero attached hydrogens (tertiary/aromatic N) is 1. The van der Waals surface area contributed by atoms with Gasteiger partial charge in [0.05, 0.1) is 20.2 Å². The molecule has 8 nitrogen and oxygen atoms in total. The number of ketones is 1. The first kappa shape index (κ1) is 29.7. The molecule has 1 aliphatic heterocycles. The number of piperidine rings is 1. The largest absolute Gasteiger partial charge is 1.00 e. The second kappa shape index (κ2) is 13.3. The van der Waals surface area contributed by atoms with Gasteiger partial charge in [-0.05, 0) is 37.4 Å². The van der Waals surface area contributed by atoms with Crippen molar-refractivity contribution in [2.45, 2.75) is 25.8 Å². The summed E-state index contributed by atoms with van der Waals surface area (Å²) in [5.41, 5.74) is 1.19. The van der Waals surface area contributed by atoms with Crippen LogP contribution in [0.3, 0.4) is 0 Å². The average molecular weight is 463 g/mol. The van der Waals surface area contributed by atoms with Gasteiger partial charge in [0.15, 0.2) is 0 Å². The van der Waals surface area contributed by atoms with Gasteiger partial charge in [-0.3, -0.25) is 9.69 Å². The standard InChI is InChI=1S/C17H25NO7S2.2Na/c19-17(16(12-26(20,21)22)13-27(23,24)25)10-14-6-8-18(9-7-14)11-15-4-2-1-3-5-15;;/h1-5,14,16H,6-13H2,(H,20,21,22)(H,23,24,25);;/q;2*+1/p-2. The van der Waals surface area contributed by atoms with Crippen LogP contribution in [0.25, 0.3) is 0 Å². The van der Waals surface area contributed by atoms with Gasteiger partial charge < -0.3 is 9.11 Å². The molecule has 0 aliphatic carbocycles. The van der Waals surface area contributed by atoms with Crippen molar-refractivity contribution < 1.29 is 89.9 Å². The zero-order chi connectivity index (χ0) is 20.1. The number of benzene rings is 1. The first-order valence-corrected chi connectivity index (χ1v) is 11.8. The fourth-order valence-corrected chi connectivity index (χ4v) is 5.11. The molecule has 0 aromatic heterocycles. The molecule has 1 aromatic carbocycles. The normalized spacial score (nSPS) is 16.1. The van der Waals surface area contributed by atoms with E-state index in [1.165, 1.54) is 5.56 Å². The Bertz CT molecular complexity index is 806. The molecule has 0 bridgehead atoms. The molecule has 1 aromatic rings. The summed E-state index contributed by atoms with van der Waals surface area (Å²) in [5, 5.41) is 0. The third-order valence-corrected chi connectivity index (χ3v) is 6.33. The summed E-state index contributed by atoms with van der Waals surface area (Å²) < 4.78 is 65.6. The Morgan fingerprint density at radius 3 is 1.90 bits per heavy atom. The molecule has 1 saturated heterocycles. The molecule has 2 rings (SSSR count). The maximum Gasteiger partial charge on any atom is 1.00 e. The van der Waals surface area contributed by atoms with E-state index in [2.05, 4.69) is 4.90 Å². The molecule has 0 unspecified atom stereocenters. The topological polar surface area (TPSA) is 135 Å². The van der Waals surface area contributed by atoms with Crippen LogP contribution in [-0.2, 0) is 31.6 Å².